The zero-order valence-corrected chi connectivity index (χ0v) is 9.05. The van der Waals surface area contributed by atoms with Gasteiger partial charge in [-0.25, -0.2) is 0 Å². The highest BCUT2D eigenvalue weighted by Gasteiger charge is 2.33. The number of hydrogen-bond donors (Lipinski definition) is 0. The van der Waals surface area contributed by atoms with E-state index in [4.69, 9.17) is 14.2 Å². The van der Waals surface area contributed by atoms with Crippen LogP contribution in [0.4, 0.5) is 0 Å². The summed E-state index contributed by atoms with van der Waals surface area (Å²) >= 11 is 0. The molecule has 3 heteroatoms. The van der Waals surface area contributed by atoms with Gasteiger partial charge in [0.05, 0.1) is 0 Å². The Hall–Kier alpha value is -0.380. The SMILES string of the molecule is C=C(C)C(OCC)(OCC)OCC. The molecule has 78 valence electrons. The third-order valence-electron chi connectivity index (χ3n) is 1.53. The summed E-state index contributed by atoms with van der Waals surface area (Å²) in [5.74, 6) is -1.04. The minimum Gasteiger partial charge on any atom is -0.324 e. The largest absolute Gasteiger partial charge is 0.324 e. The fourth-order valence-electron chi connectivity index (χ4n) is 1.06. The normalized spacial score (nSPS) is 11.7. The van der Waals surface area contributed by atoms with Crippen molar-refractivity contribution in [1.82, 2.24) is 0 Å². The summed E-state index contributed by atoms with van der Waals surface area (Å²) in [5, 5.41) is 0. The second kappa shape index (κ2) is 6.13. The molecule has 0 bridgehead atoms. The lowest BCUT2D eigenvalue weighted by atomic mass is 10.3. The summed E-state index contributed by atoms with van der Waals surface area (Å²) in [6.07, 6.45) is 0. The molecule has 3 nitrogen and oxygen atoms in total. The Labute approximate surface area is 80.7 Å². The molecule has 0 heterocycles. The molecule has 0 atom stereocenters. The molecule has 0 aliphatic heterocycles. The highest BCUT2D eigenvalue weighted by atomic mass is 16.9. The third-order valence-corrected chi connectivity index (χ3v) is 1.53. The van der Waals surface area contributed by atoms with Gasteiger partial charge in [0.15, 0.2) is 0 Å². The zero-order valence-electron chi connectivity index (χ0n) is 9.05. The standard InChI is InChI=1S/C10H20O3/c1-6-11-10(9(4)5,12-7-2)13-8-3/h4,6-8H2,1-3,5H3. The van der Waals surface area contributed by atoms with E-state index in [1.54, 1.807) is 0 Å². The van der Waals surface area contributed by atoms with Crippen LogP contribution in [0.15, 0.2) is 12.2 Å². The Morgan fingerprint density at radius 2 is 1.31 bits per heavy atom. The third kappa shape index (κ3) is 3.46. The second-order valence-electron chi connectivity index (χ2n) is 2.64. The Morgan fingerprint density at radius 3 is 1.46 bits per heavy atom. The van der Waals surface area contributed by atoms with Crippen LogP contribution in [-0.4, -0.2) is 25.8 Å². The van der Waals surface area contributed by atoms with Crippen LogP contribution in [-0.2, 0) is 14.2 Å². The fraction of sp³-hybridized carbons (Fsp3) is 0.800. The molecule has 0 saturated carbocycles. The van der Waals surface area contributed by atoms with Crippen molar-refractivity contribution in [3.8, 4) is 0 Å². The van der Waals surface area contributed by atoms with Gasteiger partial charge in [0.2, 0.25) is 0 Å². The molecule has 0 aromatic carbocycles. The summed E-state index contributed by atoms with van der Waals surface area (Å²) in [6.45, 7) is 12.9. The van der Waals surface area contributed by atoms with Gasteiger partial charge in [-0.05, 0) is 27.7 Å². The smallest absolute Gasteiger partial charge is 0.307 e. The molecule has 0 unspecified atom stereocenters. The van der Waals surface area contributed by atoms with Crippen molar-refractivity contribution in [2.24, 2.45) is 0 Å². The van der Waals surface area contributed by atoms with E-state index in [-0.39, 0.29) is 0 Å². The minimum atomic E-state index is -1.04. The molecular formula is C10H20O3. The van der Waals surface area contributed by atoms with Crippen molar-refractivity contribution in [3.63, 3.8) is 0 Å². The number of hydrogen-bond acceptors (Lipinski definition) is 3. The van der Waals surface area contributed by atoms with Gasteiger partial charge in [-0.15, -0.1) is 0 Å². The van der Waals surface area contributed by atoms with Gasteiger partial charge < -0.3 is 14.2 Å². The molecule has 0 aliphatic carbocycles. The van der Waals surface area contributed by atoms with E-state index in [2.05, 4.69) is 6.58 Å². The second-order valence-corrected chi connectivity index (χ2v) is 2.64. The monoisotopic (exact) mass is 188 g/mol. The van der Waals surface area contributed by atoms with E-state index in [0.717, 1.165) is 5.57 Å². The molecule has 0 fully saturated rings. The first-order valence-corrected chi connectivity index (χ1v) is 4.70. The van der Waals surface area contributed by atoms with Gasteiger partial charge >= 0.3 is 5.97 Å². The van der Waals surface area contributed by atoms with Crippen LogP contribution in [0.5, 0.6) is 0 Å². The summed E-state index contributed by atoms with van der Waals surface area (Å²) in [7, 11) is 0. The molecule has 13 heavy (non-hydrogen) atoms. The van der Waals surface area contributed by atoms with Gasteiger partial charge in [0.1, 0.15) is 0 Å². The van der Waals surface area contributed by atoms with Crippen molar-refractivity contribution in [1.29, 1.82) is 0 Å². The maximum absolute atomic E-state index is 5.43. The van der Waals surface area contributed by atoms with Crippen molar-refractivity contribution >= 4 is 0 Å². The van der Waals surface area contributed by atoms with Gasteiger partial charge in [-0.2, -0.15) is 0 Å². The molecule has 0 rings (SSSR count). The topological polar surface area (TPSA) is 27.7 Å². The first-order valence-electron chi connectivity index (χ1n) is 4.70. The summed E-state index contributed by atoms with van der Waals surface area (Å²) in [4.78, 5) is 0. The molecule has 0 spiro atoms. The predicted octanol–water partition coefficient (Wildman–Crippen LogP) is 2.33. The highest BCUT2D eigenvalue weighted by Crippen LogP contribution is 2.23. The van der Waals surface area contributed by atoms with E-state index < -0.39 is 5.97 Å². The van der Waals surface area contributed by atoms with E-state index in [1.807, 2.05) is 27.7 Å². The van der Waals surface area contributed by atoms with Crippen LogP contribution >= 0.6 is 0 Å². The molecule has 0 aromatic heterocycles. The van der Waals surface area contributed by atoms with E-state index in [1.165, 1.54) is 0 Å². The molecule has 0 N–H and O–H groups in total. The minimum absolute atomic E-state index is 0.535. The van der Waals surface area contributed by atoms with Gasteiger partial charge in [0.25, 0.3) is 0 Å². The molecule has 0 amide bonds. The van der Waals surface area contributed by atoms with Gasteiger partial charge in [-0.3, -0.25) is 0 Å². The average Bonchev–Trinajstić information content (AvgIpc) is 2.05. The molecule has 0 aromatic rings. The zero-order chi connectivity index (χ0) is 10.3. The maximum atomic E-state index is 5.43. The first kappa shape index (κ1) is 12.6. The fourth-order valence-corrected chi connectivity index (χ4v) is 1.06. The van der Waals surface area contributed by atoms with Crippen LogP contribution < -0.4 is 0 Å². The summed E-state index contributed by atoms with van der Waals surface area (Å²) < 4.78 is 16.3. The number of rotatable bonds is 7. The van der Waals surface area contributed by atoms with E-state index >= 15 is 0 Å². The summed E-state index contributed by atoms with van der Waals surface area (Å²) in [6, 6.07) is 0. The Morgan fingerprint density at radius 1 is 1.00 bits per heavy atom. The van der Waals surface area contributed by atoms with Gasteiger partial charge in [0, 0.05) is 25.4 Å². The van der Waals surface area contributed by atoms with Crippen LogP contribution in [0.25, 0.3) is 0 Å². The molecule has 0 aliphatic rings. The van der Waals surface area contributed by atoms with Crippen LogP contribution in [0.2, 0.25) is 0 Å². The lowest BCUT2D eigenvalue weighted by Crippen LogP contribution is -2.40. The molecular weight excluding hydrogens is 168 g/mol. The Kier molecular flexibility index (Phi) is 5.95. The predicted molar refractivity (Wildman–Crippen MR) is 52.4 cm³/mol. The Bertz CT molecular complexity index is 137. The van der Waals surface area contributed by atoms with Crippen molar-refractivity contribution in [2.45, 2.75) is 33.7 Å². The van der Waals surface area contributed by atoms with E-state index in [0.29, 0.717) is 19.8 Å². The van der Waals surface area contributed by atoms with E-state index in [9.17, 15) is 0 Å². The maximum Gasteiger partial charge on any atom is 0.307 e. The first-order chi connectivity index (χ1) is 6.13. The molecule has 0 saturated heterocycles. The highest BCUT2D eigenvalue weighted by molar-refractivity contribution is 4.99. The van der Waals surface area contributed by atoms with Crippen molar-refractivity contribution in [2.75, 3.05) is 19.8 Å². The van der Waals surface area contributed by atoms with Crippen molar-refractivity contribution < 1.29 is 14.2 Å². The number of ether oxygens (including phenoxy) is 3. The van der Waals surface area contributed by atoms with Crippen LogP contribution in [0, 0.1) is 0 Å². The van der Waals surface area contributed by atoms with Crippen LogP contribution in [0.3, 0.4) is 0 Å². The lowest BCUT2D eigenvalue weighted by molar-refractivity contribution is -0.352. The average molecular weight is 188 g/mol. The lowest BCUT2D eigenvalue weighted by Gasteiger charge is -2.32. The molecule has 0 radical (unpaired) electrons. The van der Waals surface area contributed by atoms with Crippen molar-refractivity contribution in [3.05, 3.63) is 12.2 Å². The van der Waals surface area contributed by atoms with Gasteiger partial charge in [-0.1, -0.05) is 6.58 Å². The summed E-state index contributed by atoms with van der Waals surface area (Å²) in [5.41, 5.74) is 0.734. The van der Waals surface area contributed by atoms with Crippen LogP contribution in [0.1, 0.15) is 27.7 Å². The quantitative estimate of drug-likeness (QED) is 0.453. The Balaban J connectivity index is 4.48.